The van der Waals surface area contributed by atoms with Gasteiger partial charge >= 0.3 is 0 Å². The van der Waals surface area contributed by atoms with Gasteiger partial charge in [0.2, 0.25) is 5.91 Å². The Morgan fingerprint density at radius 1 is 1.33 bits per heavy atom. The Kier molecular flexibility index (Phi) is 3.69. The average molecular weight is 283 g/mol. The maximum absolute atomic E-state index is 11.2. The topological polar surface area (TPSA) is 46.1 Å². The molecule has 1 aliphatic heterocycles. The minimum absolute atomic E-state index is 0.0285. The highest BCUT2D eigenvalue weighted by Crippen LogP contribution is 2.26. The van der Waals surface area contributed by atoms with Crippen LogP contribution in [0.2, 0.25) is 0 Å². The second-order valence-electron chi connectivity index (χ2n) is 5.94. The van der Waals surface area contributed by atoms with Crippen molar-refractivity contribution in [2.45, 2.75) is 26.8 Å². The van der Waals surface area contributed by atoms with E-state index < -0.39 is 0 Å². The minimum Gasteiger partial charge on any atom is -0.357 e. The van der Waals surface area contributed by atoms with Gasteiger partial charge in [0.25, 0.3) is 0 Å². The number of benzene rings is 1. The number of amides is 1. The largest absolute Gasteiger partial charge is 0.357 e. The van der Waals surface area contributed by atoms with Gasteiger partial charge in [-0.1, -0.05) is 19.9 Å². The van der Waals surface area contributed by atoms with Crippen molar-refractivity contribution in [3.05, 3.63) is 42.2 Å². The summed E-state index contributed by atoms with van der Waals surface area (Å²) in [6.07, 6.45) is 4.93. The van der Waals surface area contributed by atoms with E-state index in [1.54, 1.807) is 6.08 Å². The Morgan fingerprint density at radius 2 is 2.19 bits per heavy atom. The first kappa shape index (κ1) is 13.7. The molecule has 0 atom stereocenters. The van der Waals surface area contributed by atoms with E-state index in [1.165, 1.54) is 17.3 Å². The maximum Gasteiger partial charge on any atom is 0.246 e. The lowest BCUT2D eigenvalue weighted by Gasteiger charge is -2.10. The number of carbonyl (C=O) groups excluding carboxylic acids is 1. The average Bonchev–Trinajstić information content (AvgIpc) is 3.04. The molecule has 1 amide bonds. The number of hydrogen-bond acceptors (Lipinski definition) is 2. The second-order valence-corrected chi connectivity index (χ2v) is 5.94. The van der Waals surface area contributed by atoms with Crippen molar-refractivity contribution < 1.29 is 4.79 Å². The highest BCUT2D eigenvalue weighted by molar-refractivity contribution is 5.95. The Bertz CT molecular complexity index is 697. The molecule has 3 rings (SSSR count). The van der Waals surface area contributed by atoms with Crippen LogP contribution in [0.1, 0.15) is 20.3 Å². The molecule has 110 valence electrons. The zero-order valence-electron chi connectivity index (χ0n) is 12.5. The Balaban J connectivity index is 1.87. The molecule has 2 N–H and O–H groups in total. The first-order chi connectivity index (χ1) is 10.1. The van der Waals surface area contributed by atoms with Gasteiger partial charge in [0, 0.05) is 35.6 Å². The molecule has 1 aromatic carbocycles. The van der Waals surface area contributed by atoms with Gasteiger partial charge in [-0.25, -0.2) is 0 Å². The van der Waals surface area contributed by atoms with E-state index in [9.17, 15) is 4.79 Å². The SMILES string of the molecule is CC(C)CCn1ccc2c(NC3=CC(=O)NC3)cccc21. The van der Waals surface area contributed by atoms with Crippen LogP contribution >= 0.6 is 0 Å². The number of anilines is 1. The molecule has 21 heavy (non-hydrogen) atoms. The van der Waals surface area contributed by atoms with Crippen LogP contribution in [-0.2, 0) is 11.3 Å². The molecule has 0 fully saturated rings. The molecule has 4 heteroatoms. The highest BCUT2D eigenvalue weighted by Gasteiger charge is 2.12. The summed E-state index contributed by atoms with van der Waals surface area (Å²) in [4.78, 5) is 11.2. The lowest BCUT2D eigenvalue weighted by atomic mass is 10.1. The molecule has 4 nitrogen and oxygen atoms in total. The van der Waals surface area contributed by atoms with Crippen LogP contribution in [0.4, 0.5) is 5.69 Å². The van der Waals surface area contributed by atoms with Crippen LogP contribution < -0.4 is 10.6 Å². The predicted octanol–water partition coefficient (Wildman–Crippen LogP) is 3.11. The number of aryl methyl sites for hydroxylation is 1. The molecule has 0 spiro atoms. The van der Waals surface area contributed by atoms with Gasteiger partial charge in [-0.3, -0.25) is 4.79 Å². The van der Waals surface area contributed by atoms with E-state index in [-0.39, 0.29) is 5.91 Å². The van der Waals surface area contributed by atoms with Gasteiger partial charge in [0.15, 0.2) is 0 Å². The molecule has 0 saturated heterocycles. The number of nitrogens with one attached hydrogen (secondary N) is 2. The van der Waals surface area contributed by atoms with Crippen molar-refractivity contribution >= 4 is 22.5 Å². The molecule has 0 radical (unpaired) electrons. The molecule has 0 unspecified atom stereocenters. The Hall–Kier alpha value is -2.23. The van der Waals surface area contributed by atoms with Crippen LogP contribution in [0.5, 0.6) is 0 Å². The molecule has 2 aromatic rings. The molecule has 1 aliphatic rings. The summed E-state index contributed by atoms with van der Waals surface area (Å²) in [6.45, 7) is 6.10. The fourth-order valence-electron chi connectivity index (χ4n) is 2.62. The van der Waals surface area contributed by atoms with Crippen LogP contribution in [0, 0.1) is 5.92 Å². The zero-order chi connectivity index (χ0) is 14.8. The summed E-state index contributed by atoms with van der Waals surface area (Å²) < 4.78 is 2.30. The maximum atomic E-state index is 11.2. The van der Waals surface area contributed by atoms with Crippen molar-refractivity contribution in [3.8, 4) is 0 Å². The summed E-state index contributed by atoms with van der Waals surface area (Å²) in [5, 5.41) is 7.33. The van der Waals surface area contributed by atoms with E-state index in [0.717, 1.165) is 17.9 Å². The van der Waals surface area contributed by atoms with Crippen molar-refractivity contribution in [3.63, 3.8) is 0 Å². The van der Waals surface area contributed by atoms with Gasteiger partial charge in [-0.2, -0.15) is 0 Å². The molecular formula is C17H21N3O. The second kappa shape index (κ2) is 5.64. The number of aromatic nitrogens is 1. The Morgan fingerprint density at radius 3 is 2.90 bits per heavy atom. The third kappa shape index (κ3) is 2.94. The van der Waals surface area contributed by atoms with E-state index in [2.05, 4.69) is 59.5 Å². The summed E-state index contributed by atoms with van der Waals surface area (Å²) in [5.74, 6) is 0.670. The third-order valence-electron chi connectivity index (χ3n) is 3.81. The molecule has 0 bridgehead atoms. The number of fused-ring (bicyclic) bond motifs is 1. The monoisotopic (exact) mass is 283 g/mol. The van der Waals surface area contributed by atoms with E-state index in [0.29, 0.717) is 12.5 Å². The minimum atomic E-state index is -0.0285. The number of carbonyl (C=O) groups is 1. The number of rotatable bonds is 5. The molecule has 0 aliphatic carbocycles. The summed E-state index contributed by atoms with van der Waals surface area (Å²) in [7, 11) is 0. The van der Waals surface area contributed by atoms with Crippen LogP contribution in [0.3, 0.4) is 0 Å². The van der Waals surface area contributed by atoms with Crippen LogP contribution in [0.25, 0.3) is 10.9 Å². The summed E-state index contributed by atoms with van der Waals surface area (Å²) in [6, 6.07) is 8.40. The van der Waals surface area contributed by atoms with Crippen molar-refractivity contribution in [2.24, 2.45) is 5.92 Å². The molecule has 0 saturated carbocycles. The van der Waals surface area contributed by atoms with Gasteiger partial charge in [0.05, 0.1) is 12.1 Å². The normalized spacial score (nSPS) is 14.6. The van der Waals surface area contributed by atoms with Gasteiger partial charge < -0.3 is 15.2 Å². The first-order valence-corrected chi connectivity index (χ1v) is 7.47. The van der Waals surface area contributed by atoms with Crippen molar-refractivity contribution in [1.29, 1.82) is 0 Å². The van der Waals surface area contributed by atoms with Gasteiger partial charge in [0.1, 0.15) is 0 Å². The molecule has 1 aromatic heterocycles. The third-order valence-corrected chi connectivity index (χ3v) is 3.81. The van der Waals surface area contributed by atoms with Crippen LogP contribution in [0.15, 0.2) is 42.2 Å². The zero-order valence-corrected chi connectivity index (χ0v) is 12.5. The van der Waals surface area contributed by atoms with Crippen LogP contribution in [-0.4, -0.2) is 17.0 Å². The van der Waals surface area contributed by atoms with Crippen molar-refractivity contribution in [2.75, 3.05) is 11.9 Å². The first-order valence-electron chi connectivity index (χ1n) is 7.47. The summed E-state index contributed by atoms with van der Waals surface area (Å²) >= 11 is 0. The smallest absolute Gasteiger partial charge is 0.246 e. The van der Waals surface area contributed by atoms with Gasteiger partial charge in [-0.05, 0) is 30.5 Å². The fraction of sp³-hybridized carbons (Fsp3) is 0.353. The van der Waals surface area contributed by atoms with Crippen molar-refractivity contribution in [1.82, 2.24) is 9.88 Å². The number of nitrogens with zero attached hydrogens (tertiary/aromatic N) is 1. The fourth-order valence-corrected chi connectivity index (χ4v) is 2.62. The highest BCUT2D eigenvalue weighted by atomic mass is 16.1. The number of hydrogen-bond donors (Lipinski definition) is 2. The molecular weight excluding hydrogens is 262 g/mol. The van der Waals surface area contributed by atoms with E-state index in [1.807, 2.05) is 0 Å². The van der Waals surface area contributed by atoms with E-state index >= 15 is 0 Å². The summed E-state index contributed by atoms with van der Waals surface area (Å²) in [5.41, 5.74) is 3.21. The Labute approximate surface area is 124 Å². The predicted molar refractivity (Wildman–Crippen MR) is 86.1 cm³/mol. The van der Waals surface area contributed by atoms with Gasteiger partial charge in [-0.15, -0.1) is 0 Å². The lowest BCUT2D eigenvalue weighted by Crippen LogP contribution is -2.16. The lowest BCUT2D eigenvalue weighted by molar-refractivity contribution is -0.115. The molecule has 2 heterocycles. The quantitative estimate of drug-likeness (QED) is 0.885. The standard InChI is InChI=1S/C17H21N3O/c1-12(2)6-8-20-9-7-14-15(4-3-5-16(14)20)19-13-10-17(21)18-11-13/h3-5,7,9-10,12,19H,6,8,11H2,1-2H3,(H,18,21). The van der Waals surface area contributed by atoms with E-state index in [4.69, 9.17) is 0 Å².